The molecule has 0 spiro atoms. The van der Waals surface area contributed by atoms with Crippen molar-refractivity contribution in [2.75, 3.05) is 6.61 Å². The molecule has 3 aromatic carbocycles. The SMILES string of the molecule is CCOc1cc(/C=C2/SC(=O)N(Cc3ccccc3F)C2=O)cc(I)c1OCc1ccc(Cl)cc1Cl. The Hall–Kier alpha value is -2.27. The van der Waals surface area contributed by atoms with Gasteiger partial charge in [-0.1, -0.05) is 47.5 Å². The maximum atomic E-state index is 14.0. The highest BCUT2D eigenvalue weighted by Crippen LogP contribution is 2.38. The van der Waals surface area contributed by atoms with Gasteiger partial charge < -0.3 is 9.47 Å². The Kier molecular flexibility index (Phi) is 8.82. The van der Waals surface area contributed by atoms with Crippen LogP contribution in [0.5, 0.6) is 11.5 Å². The van der Waals surface area contributed by atoms with Gasteiger partial charge >= 0.3 is 0 Å². The Morgan fingerprint density at radius 2 is 1.83 bits per heavy atom. The number of amides is 2. The number of halogens is 4. The molecule has 36 heavy (non-hydrogen) atoms. The van der Waals surface area contributed by atoms with Crippen molar-refractivity contribution in [3.05, 3.63) is 95.6 Å². The second-order valence-electron chi connectivity index (χ2n) is 7.65. The highest BCUT2D eigenvalue weighted by atomic mass is 127. The first kappa shape index (κ1) is 26.8. The van der Waals surface area contributed by atoms with Crippen LogP contribution < -0.4 is 9.47 Å². The van der Waals surface area contributed by atoms with Crippen LogP contribution in [-0.2, 0) is 17.9 Å². The fourth-order valence-electron chi connectivity index (χ4n) is 3.45. The third kappa shape index (κ3) is 6.16. The molecule has 5 nitrogen and oxygen atoms in total. The monoisotopic (exact) mass is 657 g/mol. The maximum absolute atomic E-state index is 14.0. The largest absolute Gasteiger partial charge is 0.490 e. The zero-order valence-electron chi connectivity index (χ0n) is 18.9. The summed E-state index contributed by atoms with van der Waals surface area (Å²) in [5, 5.41) is 0.586. The van der Waals surface area contributed by atoms with Gasteiger partial charge in [0, 0.05) is 21.2 Å². The minimum absolute atomic E-state index is 0.129. The lowest BCUT2D eigenvalue weighted by molar-refractivity contribution is -0.123. The molecular weight excluding hydrogens is 639 g/mol. The van der Waals surface area contributed by atoms with E-state index in [2.05, 4.69) is 22.6 Å². The number of carbonyl (C=O) groups excluding carboxylic acids is 2. The first-order valence-corrected chi connectivity index (χ1v) is 13.4. The van der Waals surface area contributed by atoms with E-state index in [9.17, 15) is 14.0 Å². The molecule has 3 aromatic rings. The van der Waals surface area contributed by atoms with Gasteiger partial charge in [-0.3, -0.25) is 14.5 Å². The second-order valence-corrected chi connectivity index (χ2v) is 10.6. The third-order valence-electron chi connectivity index (χ3n) is 5.18. The fraction of sp³-hybridized carbons (Fsp3) is 0.154. The summed E-state index contributed by atoms with van der Waals surface area (Å²) in [6.45, 7) is 2.33. The molecule has 1 fully saturated rings. The van der Waals surface area contributed by atoms with E-state index >= 15 is 0 Å². The first-order valence-electron chi connectivity index (χ1n) is 10.8. The van der Waals surface area contributed by atoms with Crippen LogP contribution in [0, 0.1) is 9.39 Å². The number of hydrogen-bond donors (Lipinski definition) is 0. The first-order chi connectivity index (χ1) is 17.3. The molecule has 1 saturated heterocycles. The van der Waals surface area contributed by atoms with E-state index < -0.39 is 17.0 Å². The predicted octanol–water partition coefficient (Wildman–Crippen LogP) is 7.95. The molecule has 0 aromatic heterocycles. The lowest BCUT2D eigenvalue weighted by Crippen LogP contribution is -2.27. The van der Waals surface area contributed by atoms with E-state index in [1.54, 1.807) is 48.5 Å². The quantitative estimate of drug-likeness (QED) is 0.182. The van der Waals surface area contributed by atoms with Crippen LogP contribution >= 0.6 is 57.6 Å². The third-order valence-corrected chi connectivity index (χ3v) is 7.47. The van der Waals surface area contributed by atoms with Crippen molar-refractivity contribution in [2.45, 2.75) is 20.1 Å². The van der Waals surface area contributed by atoms with Crippen LogP contribution in [0.1, 0.15) is 23.6 Å². The van der Waals surface area contributed by atoms with E-state index in [1.807, 2.05) is 13.0 Å². The van der Waals surface area contributed by atoms with Crippen LogP contribution in [0.15, 0.2) is 59.5 Å². The smallest absolute Gasteiger partial charge is 0.293 e. The van der Waals surface area contributed by atoms with E-state index in [0.29, 0.717) is 33.7 Å². The Bertz CT molecular complexity index is 1370. The molecule has 10 heteroatoms. The molecule has 1 aliphatic rings. The zero-order valence-corrected chi connectivity index (χ0v) is 23.4. The van der Waals surface area contributed by atoms with Crippen LogP contribution in [-0.4, -0.2) is 22.7 Å². The fourth-order valence-corrected chi connectivity index (χ4v) is 5.53. The molecule has 0 bridgehead atoms. The van der Waals surface area contributed by atoms with Gasteiger partial charge in [-0.05, 0) is 83.2 Å². The zero-order chi connectivity index (χ0) is 25.8. The van der Waals surface area contributed by atoms with Gasteiger partial charge in [0.1, 0.15) is 12.4 Å². The van der Waals surface area contributed by atoms with Crippen molar-refractivity contribution < 1.29 is 23.5 Å². The molecule has 2 amide bonds. The number of benzene rings is 3. The molecule has 186 valence electrons. The van der Waals surface area contributed by atoms with Crippen molar-refractivity contribution in [1.29, 1.82) is 0 Å². The average molecular weight is 658 g/mol. The van der Waals surface area contributed by atoms with Gasteiger partial charge in [-0.2, -0.15) is 0 Å². The summed E-state index contributed by atoms with van der Waals surface area (Å²) in [5.74, 6) is 0.0884. The van der Waals surface area contributed by atoms with Crippen molar-refractivity contribution in [1.82, 2.24) is 4.90 Å². The number of carbonyl (C=O) groups is 2. The predicted molar refractivity (Wildman–Crippen MR) is 149 cm³/mol. The normalized spacial score (nSPS) is 14.6. The summed E-state index contributed by atoms with van der Waals surface area (Å²) < 4.78 is 26.6. The average Bonchev–Trinajstić information content (AvgIpc) is 3.08. The molecule has 0 atom stereocenters. The van der Waals surface area contributed by atoms with Crippen molar-refractivity contribution in [3.8, 4) is 11.5 Å². The number of rotatable bonds is 8. The minimum Gasteiger partial charge on any atom is -0.490 e. The van der Waals surface area contributed by atoms with Crippen molar-refractivity contribution >= 4 is 74.8 Å². The van der Waals surface area contributed by atoms with E-state index in [0.717, 1.165) is 25.8 Å². The van der Waals surface area contributed by atoms with Crippen molar-refractivity contribution in [3.63, 3.8) is 0 Å². The highest BCUT2D eigenvalue weighted by molar-refractivity contribution is 14.1. The maximum Gasteiger partial charge on any atom is 0.293 e. The number of ether oxygens (including phenoxy) is 2. The summed E-state index contributed by atoms with van der Waals surface area (Å²) in [4.78, 5) is 26.7. The Labute approximate surface area is 235 Å². The minimum atomic E-state index is -0.473. The van der Waals surface area contributed by atoms with Gasteiger partial charge in [-0.25, -0.2) is 4.39 Å². The van der Waals surface area contributed by atoms with Gasteiger partial charge in [0.05, 0.1) is 21.6 Å². The second kappa shape index (κ2) is 11.9. The van der Waals surface area contributed by atoms with Gasteiger partial charge in [-0.15, -0.1) is 0 Å². The number of hydrogen-bond acceptors (Lipinski definition) is 5. The summed E-state index contributed by atoms with van der Waals surface area (Å²) >= 11 is 15.2. The molecule has 0 radical (unpaired) electrons. The molecular formula is C26H19Cl2FINO4S. The molecule has 0 saturated carbocycles. The Balaban J connectivity index is 1.57. The van der Waals surface area contributed by atoms with Gasteiger partial charge in [0.2, 0.25) is 0 Å². The van der Waals surface area contributed by atoms with Gasteiger partial charge in [0.15, 0.2) is 11.5 Å². The standard InChI is InChI=1S/C26H19Cl2FINO4S/c1-2-34-22-10-15(9-21(30)24(22)35-14-17-7-8-18(27)12-19(17)28)11-23-25(32)31(26(33)36-23)13-16-5-3-4-6-20(16)29/h3-12H,2,13-14H2,1H3/b23-11+. The molecule has 0 N–H and O–H groups in total. The number of nitrogens with zero attached hydrogens (tertiary/aromatic N) is 1. The highest BCUT2D eigenvalue weighted by Gasteiger charge is 2.35. The number of thioether (sulfide) groups is 1. The Morgan fingerprint density at radius 1 is 1.06 bits per heavy atom. The topological polar surface area (TPSA) is 55.8 Å². The van der Waals surface area contributed by atoms with Crippen LogP contribution in [0.3, 0.4) is 0 Å². The summed E-state index contributed by atoms with van der Waals surface area (Å²) in [7, 11) is 0. The van der Waals surface area contributed by atoms with Crippen molar-refractivity contribution in [2.24, 2.45) is 0 Å². The van der Waals surface area contributed by atoms with E-state index in [-0.39, 0.29) is 23.6 Å². The number of imide groups is 1. The molecule has 1 heterocycles. The van der Waals surface area contributed by atoms with Gasteiger partial charge in [0.25, 0.3) is 11.1 Å². The van der Waals surface area contributed by atoms with Crippen LogP contribution in [0.4, 0.5) is 9.18 Å². The molecule has 0 aliphatic carbocycles. The molecule has 0 unspecified atom stereocenters. The lowest BCUT2D eigenvalue weighted by atomic mass is 10.1. The summed E-state index contributed by atoms with van der Waals surface area (Å²) in [6, 6.07) is 14.8. The summed E-state index contributed by atoms with van der Waals surface area (Å²) in [5.41, 5.74) is 1.71. The van der Waals surface area contributed by atoms with E-state index in [1.165, 1.54) is 6.07 Å². The van der Waals surface area contributed by atoms with Crippen LogP contribution in [0.2, 0.25) is 10.0 Å². The van der Waals surface area contributed by atoms with E-state index in [4.69, 9.17) is 32.7 Å². The Morgan fingerprint density at radius 3 is 2.56 bits per heavy atom. The molecule has 4 rings (SSSR count). The van der Waals surface area contributed by atoms with Crippen LogP contribution in [0.25, 0.3) is 6.08 Å². The summed E-state index contributed by atoms with van der Waals surface area (Å²) in [6.07, 6.45) is 1.62. The lowest BCUT2D eigenvalue weighted by Gasteiger charge is -2.15. The molecule has 1 aliphatic heterocycles.